The monoisotopic (exact) mass is 689 g/mol. The number of carbonyl (C=O) groups excluding carboxylic acids is 3. The number of halogens is 3. The van der Waals surface area contributed by atoms with Gasteiger partial charge in [-0.05, 0) is 110 Å². The van der Waals surface area contributed by atoms with E-state index >= 15 is 0 Å². The van der Waals surface area contributed by atoms with Gasteiger partial charge >= 0.3 is 18.1 Å². The molecule has 0 spiro atoms. The van der Waals surface area contributed by atoms with E-state index in [1.807, 2.05) is 0 Å². The number of rotatable bonds is 11. The predicted octanol–water partition coefficient (Wildman–Crippen LogP) is 6.09. The topological polar surface area (TPSA) is 136 Å². The first-order chi connectivity index (χ1) is 22.8. The zero-order valence-corrected chi connectivity index (χ0v) is 28.5. The van der Waals surface area contributed by atoms with E-state index in [1.54, 1.807) is 53.7 Å². The maximum atomic E-state index is 14.0. The van der Waals surface area contributed by atoms with E-state index in [9.17, 15) is 32.3 Å². The van der Waals surface area contributed by atoms with Gasteiger partial charge in [0, 0.05) is 25.1 Å². The van der Waals surface area contributed by atoms with E-state index in [1.165, 1.54) is 12.1 Å². The van der Waals surface area contributed by atoms with E-state index in [-0.39, 0.29) is 22.6 Å². The summed E-state index contributed by atoms with van der Waals surface area (Å²) in [5, 5.41) is 7.33. The van der Waals surface area contributed by atoms with Gasteiger partial charge in [-0.25, -0.2) is 4.68 Å². The van der Waals surface area contributed by atoms with E-state index in [0.717, 1.165) is 36.1 Å². The summed E-state index contributed by atoms with van der Waals surface area (Å²) in [6.07, 6.45) is -3.02. The lowest BCUT2D eigenvalue weighted by molar-refractivity contribution is -0.186. The Hall–Kier alpha value is -4.33. The number of hydrogen-bond acceptors (Lipinski definition) is 10. The van der Waals surface area contributed by atoms with Crippen LogP contribution in [0.2, 0.25) is 0 Å². The van der Waals surface area contributed by atoms with Gasteiger partial charge in [0.2, 0.25) is 0 Å². The van der Waals surface area contributed by atoms with Crippen LogP contribution in [0.1, 0.15) is 89.6 Å². The summed E-state index contributed by atoms with van der Waals surface area (Å²) in [5.41, 5.74) is -6.37. The van der Waals surface area contributed by atoms with Gasteiger partial charge < -0.3 is 18.9 Å². The van der Waals surface area contributed by atoms with Crippen LogP contribution in [0.3, 0.4) is 0 Å². The highest BCUT2D eigenvalue weighted by molar-refractivity contribution is 6.07. The Morgan fingerprint density at radius 2 is 1.55 bits per heavy atom. The zero-order valence-electron chi connectivity index (χ0n) is 28.5. The normalized spacial score (nSPS) is 15.9. The van der Waals surface area contributed by atoms with Crippen LogP contribution in [-0.2, 0) is 36.5 Å². The van der Waals surface area contributed by atoms with Gasteiger partial charge in [0.1, 0.15) is 29.1 Å². The molecule has 1 atom stereocenters. The van der Waals surface area contributed by atoms with Crippen LogP contribution in [0.4, 0.5) is 13.2 Å². The Balaban J connectivity index is 1.68. The third-order valence-electron chi connectivity index (χ3n) is 7.73. The van der Waals surface area contributed by atoms with Crippen LogP contribution in [-0.4, -0.2) is 63.2 Å². The molecular formula is C35H42F3N3O8. The molecular weight excluding hydrogens is 647 g/mol. The number of esters is 2. The molecule has 14 heteroatoms. The van der Waals surface area contributed by atoms with Gasteiger partial charge in [0.15, 0.2) is 11.2 Å². The Morgan fingerprint density at radius 1 is 0.918 bits per heavy atom. The van der Waals surface area contributed by atoms with Crippen LogP contribution >= 0.6 is 0 Å². The number of nitrogens with zero attached hydrogens (tertiary/aromatic N) is 3. The van der Waals surface area contributed by atoms with Crippen molar-refractivity contribution in [2.24, 2.45) is 5.41 Å². The summed E-state index contributed by atoms with van der Waals surface area (Å²) in [7, 11) is 0. The fourth-order valence-electron chi connectivity index (χ4n) is 5.21. The fourth-order valence-corrected chi connectivity index (χ4v) is 5.21. The van der Waals surface area contributed by atoms with Crippen molar-refractivity contribution in [2.45, 2.75) is 104 Å². The van der Waals surface area contributed by atoms with Crippen LogP contribution in [0.25, 0.3) is 10.9 Å². The van der Waals surface area contributed by atoms with Crippen LogP contribution in [0.15, 0.2) is 47.3 Å². The number of carbonyl (C=O) groups is 3. The molecule has 0 aliphatic carbocycles. The van der Waals surface area contributed by atoms with Gasteiger partial charge in [0.25, 0.3) is 5.56 Å². The number of ether oxygens (including phenoxy) is 4. The van der Waals surface area contributed by atoms with E-state index in [2.05, 4.69) is 10.3 Å². The van der Waals surface area contributed by atoms with E-state index in [0.29, 0.717) is 25.0 Å². The molecule has 0 saturated carbocycles. The number of fused-ring (bicyclic) bond motifs is 1. The molecule has 1 saturated heterocycles. The van der Waals surface area contributed by atoms with Crippen LogP contribution < -0.4 is 10.3 Å². The van der Waals surface area contributed by atoms with Crippen molar-refractivity contribution in [2.75, 3.05) is 13.2 Å². The Morgan fingerprint density at radius 3 is 2.10 bits per heavy atom. The molecule has 3 aromatic rings. The highest BCUT2D eigenvalue weighted by Gasteiger charge is 2.52. The predicted molar refractivity (Wildman–Crippen MR) is 172 cm³/mol. The summed E-state index contributed by atoms with van der Waals surface area (Å²) >= 11 is 0. The minimum atomic E-state index is -4.72. The van der Waals surface area contributed by atoms with Crippen molar-refractivity contribution in [3.8, 4) is 5.75 Å². The second-order valence-corrected chi connectivity index (χ2v) is 14.1. The SMILES string of the molecule is CC(C)(C)OC(=O)C(CCn1nnc2ccc(C(F)(F)F)cc2c1=O)(CC(=O)c1ccc(OCC2CCCCO2)cc1)C(=O)OC(C)(C)C. The number of hydrogen-bond donors (Lipinski definition) is 0. The average Bonchev–Trinajstić information content (AvgIpc) is 3.01. The summed E-state index contributed by atoms with van der Waals surface area (Å²) < 4.78 is 63.8. The number of alkyl halides is 3. The third-order valence-corrected chi connectivity index (χ3v) is 7.73. The van der Waals surface area contributed by atoms with Crippen LogP contribution in [0, 0.1) is 5.41 Å². The molecule has 1 aliphatic heterocycles. The number of aromatic nitrogens is 3. The molecule has 1 fully saturated rings. The lowest BCUT2D eigenvalue weighted by Gasteiger charge is -2.34. The lowest BCUT2D eigenvalue weighted by Crippen LogP contribution is -2.49. The van der Waals surface area contributed by atoms with Crippen molar-refractivity contribution in [3.63, 3.8) is 0 Å². The Kier molecular flexibility index (Phi) is 11.2. The first-order valence-electron chi connectivity index (χ1n) is 16.1. The van der Waals surface area contributed by atoms with Crippen molar-refractivity contribution in [3.05, 3.63) is 63.9 Å². The summed E-state index contributed by atoms with van der Waals surface area (Å²) in [6, 6.07) is 8.68. The molecule has 1 aromatic heterocycles. The number of Topliss-reactive ketones (excluding diaryl/α,β-unsaturated/α-hetero) is 1. The molecule has 2 aromatic carbocycles. The molecule has 0 radical (unpaired) electrons. The van der Waals surface area contributed by atoms with Crippen molar-refractivity contribution >= 4 is 28.6 Å². The van der Waals surface area contributed by atoms with Crippen molar-refractivity contribution in [1.29, 1.82) is 0 Å². The molecule has 266 valence electrons. The number of benzene rings is 2. The molecule has 0 bridgehead atoms. The van der Waals surface area contributed by atoms with Gasteiger partial charge in [-0.1, -0.05) is 5.21 Å². The van der Waals surface area contributed by atoms with Gasteiger partial charge in [-0.3, -0.25) is 19.2 Å². The number of aryl methyl sites for hydroxylation is 1. The molecule has 0 N–H and O–H groups in total. The van der Waals surface area contributed by atoms with Gasteiger partial charge in [-0.15, -0.1) is 5.10 Å². The molecule has 0 amide bonds. The van der Waals surface area contributed by atoms with Crippen molar-refractivity contribution < 1.29 is 46.5 Å². The number of ketones is 1. The fraction of sp³-hybridized carbons (Fsp3) is 0.543. The standard InChI is InChI=1S/C35H42F3N3O8/c1-32(2,3)48-30(44)34(31(45)49-33(4,5)6,16-17-41-29(43)26-19-23(35(36,37)38)12-15-27(26)39-40-41)20-28(42)22-10-13-24(14-11-22)47-21-25-9-7-8-18-46-25/h10-15,19,25H,7-9,16-18,20-21H2,1-6H3. The minimum Gasteiger partial charge on any atom is -0.491 e. The molecule has 11 nitrogen and oxygen atoms in total. The first kappa shape index (κ1) is 37.5. The molecule has 2 heterocycles. The maximum Gasteiger partial charge on any atom is 0.416 e. The smallest absolute Gasteiger partial charge is 0.416 e. The summed E-state index contributed by atoms with van der Waals surface area (Å²) in [4.78, 5) is 55.1. The summed E-state index contributed by atoms with van der Waals surface area (Å²) in [5.74, 6) is -2.25. The molecule has 1 aliphatic rings. The molecule has 4 rings (SSSR count). The maximum absolute atomic E-state index is 14.0. The van der Waals surface area contributed by atoms with Gasteiger partial charge in [-0.2, -0.15) is 13.2 Å². The van der Waals surface area contributed by atoms with E-state index < -0.39 is 71.0 Å². The quantitative estimate of drug-likeness (QED) is 0.132. The minimum absolute atomic E-state index is 0.0233. The second kappa shape index (κ2) is 14.7. The third kappa shape index (κ3) is 9.87. The highest BCUT2D eigenvalue weighted by Crippen LogP contribution is 2.36. The second-order valence-electron chi connectivity index (χ2n) is 14.1. The molecule has 49 heavy (non-hydrogen) atoms. The largest absolute Gasteiger partial charge is 0.491 e. The first-order valence-corrected chi connectivity index (χ1v) is 16.1. The molecule has 1 unspecified atom stereocenters. The van der Waals surface area contributed by atoms with Crippen LogP contribution in [0.5, 0.6) is 5.75 Å². The zero-order chi connectivity index (χ0) is 36.2. The van der Waals surface area contributed by atoms with Crippen molar-refractivity contribution in [1.82, 2.24) is 15.0 Å². The highest BCUT2D eigenvalue weighted by atomic mass is 19.4. The lowest BCUT2D eigenvalue weighted by atomic mass is 9.78. The Labute approximate surface area is 282 Å². The van der Waals surface area contributed by atoms with Gasteiger partial charge in [0.05, 0.1) is 17.1 Å². The summed E-state index contributed by atoms with van der Waals surface area (Å²) in [6.45, 7) is 10.1. The van der Waals surface area contributed by atoms with E-state index in [4.69, 9.17) is 18.9 Å². The average molecular weight is 690 g/mol. The Bertz CT molecular complexity index is 1690.